The quantitative estimate of drug-likeness (QED) is 0.283. The SMILES string of the molecule is O=C1NC(=O)N(C2CCCC2)C(=O)/C1=C/c1ccc(OCc2ccc(Cl)cc2Cl)c(I)c1. The zero-order chi connectivity index (χ0) is 22.8. The molecule has 1 saturated carbocycles. The van der Waals surface area contributed by atoms with Crippen LogP contribution in [0, 0.1) is 3.57 Å². The second-order valence-corrected chi connectivity index (χ2v) is 9.65. The fourth-order valence-corrected chi connectivity index (χ4v) is 5.01. The minimum absolute atomic E-state index is 0.0473. The molecule has 2 aromatic carbocycles. The van der Waals surface area contributed by atoms with E-state index in [9.17, 15) is 14.4 Å². The molecule has 166 valence electrons. The number of amides is 4. The van der Waals surface area contributed by atoms with Crippen LogP contribution in [0.3, 0.4) is 0 Å². The molecule has 0 bridgehead atoms. The van der Waals surface area contributed by atoms with Crippen LogP contribution in [0.2, 0.25) is 10.0 Å². The Morgan fingerprint density at radius 1 is 1.09 bits per heavy atom. The summed E-state index contributed by atoms with van der Waals surface area (Å²) in [6, 6.07) is 9.75. The molecular formula is C23H19Cl2IN2O4. The van der Waals surface area contributed by atoms with Gasteiger partial charge in [0.2, 0.25) is 0 Å². The third-order valence-electron chi connectivity index (χ3n) is 5.49. The molecule has 0 spiro atoms. The Morgan fingerprint density at radius 2 is 1.84 bits per heavy atom. The van der Waals surface area contributed by atoms with Gasteiger partial charge in [0.05, 0.1) is 3.57 Å². The van der Waals surface area contributed by atoms with E-state index in [0.717, 1.165) is 34.8 Å². The summed E-state index contributed by atoms with van der Waals surface area (Å²) < 4.78 is 6.67. The van der Waals surface area contributed by atoms with Crippen molar-refractivity contribution >= 4 is 69.7 Å². The number of barbiturate groups is 1. The first-order valence-electron chi connectivity index (χ1n) is 10.1. The highest BCUT2D eigenvalue weighted by Gasteiger charge is 2.40. The van der Waals surface area contributed by atoms with E-state index < -0.39 is 17.8 Å². The molecule has 0 atom stereocenters. The topological polar surface area (TPSA) is 75.7 Å². The summed E-state index contributed by atoms with van der Waals surface area (Å²) in [5, 5.41) is 3.37. The summed E-state index contributed by atoms with van der Waals surface area (Å²) in [5.41, 5.74) is 1.42. The van der Waals surface area contributed by atoms with Crippen molar-refractivity contribution in [3.63, 3.8) is 0 Å². The number of carbonyl (C=O) groups is 3. The summed E-state index contributed by atoms with van der Waals surface area (Å²) in [4.78, 5) is 38.7. The molecule has 4 rings (SSSR count). The molecule has 2 aromatic rings. The van der Waals surface area contributed by atoms with Crippen molar-refractivity contribution in [2.75, 3.05) is 0 Å². The molecule has 1 aliphatic heterocycles. The minimum Gasteiger partial charge on any atom is -0.488 e. The number of hydrogen-bond donors (Lipinski definition) is 1. The average molecular weight is 585 g/mol. The Morgan fingerprint density at radius 3 is 2.53 bits per heavy atom. The van der Waals surface area contributed by atoms with Crippen LogP contribution in [-0.4, -0.2) is 28.8 Å². The van der Waals surface area contributed by atoms with Crippen molar-refractivity contribution < 1.29 is 19.1 Å². The Labute approximate surface area is 209 Å². The van der Waals surface area contributed by atoms with E-state index in [1.807, 2.05) is 6.07 Å². The minimum atomic E-state index is -0.679. The number of nitrogens with one attached hydrogen (secondary N) is 1. The predicted octanol–water partition coefficient (Wildman–Crippen LogP) is 5.58. The van der Waals surface area contributed by atoms with Crippen LogP contribution in [0.1, 0.15) is 36.8 Å². The fourth-order valence-electron chi connectivity index (χ4n) is 3.85. The summed E-state index contributed by atoms with van der Waals surface area (Å²) in [6.07, 6.45) is 4.98. The van der Waals surface area contributed by atoms with Crippen LogP contribution >= 0.6 is 45.8 Å². The van der Waals surface area contributed by atoms with Crippen LogP contribution in [0.4, 0.5) is 4.79 Å². The molecule has 2 fully saturated rings. The van der Waals surface area contributed by atoms with Gasteiger partial charge in [-0.05, 0) is 71.3 Å². The lowest BCUT2D eigenvalue weighted by Gasteiger charge is -2.31. The summed E-state index contributed by atoms with van der Waals surface area (Å²) in [6.45, 7) is 0.270. The number of hydrogen-bond acceptors (Lipinski definition) is 4. The van der Waals surface area contributed by atoms with Crippen molar-refractivity contribution in [2.45, 2.75) is 38.3 Å². The van der Waals surface area contributed by atoms with Gasteiger partial charge in [0, 0.05) is 21.7 Å². The molecule has 32 heavy (non-hydrogen) atoms. The lowest BCUT2D eigenvalue weighted by Crippen LogP contribution is -2.57. The van der Waals surface area contributed by atoms with Crippen LogP contribution in [-0.2, 0) is 16.2 Å². The van der Waals surface area contributed by atoms with Gasteiger partial charge in [0.1, 0.15) is 17.9 Å². The van der Waals surface area contributed by atoms with Crippen molar-refractivity contribution in [1.29, 1.82) is 0 Å². The fraction of sp³-hybridized carbons (Fsp3) is 0.261. The molecule has 9 heteroatoms. The number of rotatable bonds is 5. The normalized spacial score (nSPS) is 18.4. The Hall–Kier alpha value is -2.10. The lowest BCUT2D eigenvalue weighted by molar-refractivity contribution is -0.131. The van der Waals surface area contributed by atoms with Gasteiger partial charge in [-0.3, -0.25) is 19.8 Å². The first-order valence-corrected chi connectivity index (χ1v) is 11.9. The number of imide groups is 2. The first-order chi connectivity index (χ1) is 15.3. The largest absolute Gasteiger partial charge is 0.488 e. The lowest BCUT2D eigenvalue weighted by atomic mass is 10.1. The molecule has 0 radical (unpaired) electrons. The third kappa shape index (κ3) is 4.94. The number of urea groups is 1. The number of halogens is 3. The highest BCUT2D eigenvalue weighted by atomic mass is 127. The number of carbonyl (C=O) groups excluding carboxylic acids is 3. The maximum absolute atomic E-state index is 12.9. The average Bonchev–Trinajstić information content (AvgIpc) is 3.26. The Balaban J connectivity index is 1.52. The van der Waals surface area contributed by atoms with E-state index in [1.165, 1.54) is 11.0 Å². The van der Waals surface area contributed by atoms with E-state index in [0.29, 0.717) is 21.4 Å². The van der Waals surface area contributed by atoms with Crippen LogP contribution < -0.4 is 10.1 Å². The van der Waals surface area contributed by atoms with E-state index in [1.54, 1.807) is 30.3 Å². The number of nitrogens with zero attached hydrogens (tertiary/aromatic N) is 1. The van der Waals surface area contributed by atoms with Gasteiger partial charge in [-0.2, -0.15) is 0 Å². The highest BCUT2D eigenvalue weighted by Crippen LogP contribution is 2.29. The van der Waals surface area contributed by atoms with E-state index in [-0.39, 0.29) is 18.2 Å². The molecular weight excluding hydrogens is 566 g/mol. The molecule has 1 N–H and O–H groups in total. The van der Waals surface area contributed by atoms with E-state index in [2.05, 4.69) is 27.9 Å². The molecule has 2 aliphatic rings. The second-order valence-electron chi connectivity index (χ2n) is 7.64. The summed E-state index contributed by atoms with van der Waals surface area (Å²) in [7, 11) is 0. The second kappa shape index (κ2) is 9.80. The molecule has 6 nitrogen and oxygen atoms in total. The molecule has 4 amide bonds. The summed E-state index contributed by atoms with van der Waals surface area (Å²) in [5.74, 6) is -0.582. The van der Waals surface area contributed by atoms with Gasteiger partial charge in [0.25, 0.3) is 11.8 Å². The number of benzene rings is 2. The first kappa shape index (κ1) is 23.1. The number of ether oxygens (including phenoxy) is 1. The van der Waals surface area contributed by atoms with Gasteiger partial charge >= 0.3 is 6.03 Å². The zero-order valence-electron chi connectivity index (χ0n) is 16.9. The van der Waals surface area contributed by atoms with E-state index in [4.69, 9.17) is 27.9 Å². The maximum atomic E-state index is 12.9. The van der Waals surface area contributed by atoms with Crippen molar-refractivity contribution in [2.24, 2.45) is 0 Å². The van der Waals surface area contributed by atoms with Gasteiger partial charge in [0.15, 0.2) is 0 Å². The van der Waals surface area contributed by atoms with Crippen LogP contribution in [0.5, 0.6) is 5.75 Å². The third-order valence-corrected chi connectivity index (χ3v) is 6.92. The smallest absolute Gasteiger partial charge is 0.331 e. The van der Waals surface area contributed by atoms with Crippen LogP contribution in [0.15, 0.2) is 42.0 Å². The monoisotopic (exact) mass is 584 g/mol. The van der Waals surface area contributed by atoms with Crippen molar-refractivity contribution in [3.8, 4) is 5.75 Å². The van der Waals surface area contributed by atoms with Crippen LogP contribution in [0.25, 0.3) is 6.08 Å². The zero-order valence-corrected chi connectivity index (χ0v) is 20.5. The predicted molar refractivity (Wildman–Crippen MR) is 131 cm³/mol. The molecule has 1 heterocycles. The molecule has 0 unspecified atom stereocenters. The summed E-state index contributed by atoms with van der Waals surface area (Å²) >= 11 is 14.2. The molecule has 0 aromatic heterocycles. The molecule has 1 aliphatic carbocycles. The van der Waals surface area contributed by atoms with Crippen molar-refractivity contribution in [3.05, 3.63) is 66.7 Å². The Bertz CT molecular complexity index is 1130. The highest BCUT2D eigenvalue weighted by molar-refractivity contribution is 14.1. The maximum Gasteiger partial charge on any atom is 0.331 e. The van der Waals surface area contributed by atoms with Gasteiger partial charge in [-0.15, -0.1) is 0 Å². The van der Waals surface area contributed by atoms with Gasteiger partial charge in [-0.1, -0.05) is 48.2 Å². The van der Waals surface area contributed by atoms with E-state index >= 15 is 0 Å². The standard InChI is InChI=1S/C23H19Cl2IN2O4/c24-15-7-6-14(18(25)11-15)12-32-20-8-5-13(10-19(20)26)9-17-21(29)27-23(31)28(22(17)30)16-3-1-2-4-16/h5-11,16H,1-4,12H2,(H,27,29,31)/b17-9+. The Kier molecular flexibility index (Phi) is 7.07. The van der Waals surface area contributed by atoms with Gasteiger partial charge < -0.3 is 4.74 Å². The molecule has 1 saturated heterocycles. The van der Waals surface area contributed by atoms with Crippen molar-refractivity contribution in [1.82, 2.24) is 10.2 Å². The van der Waals surface area contributed by atoms with Gasteiger partial charge in [-0.25, -0.2) is 4.79 Å².